The zero-order chi connectivity index (χ0) is 9.94. The lowest BCUT2D eigenvalue weighted by atomic mass is 9.87. The number of rotatable bonds is 2. The van der Waals surface area contributed by atoms with E-state index in [-0.39, 0.29) is 0 Å². The van der Waals surface area contributed by atoms with Crippen molar-refractivity contribution in [1.82, 2.24) is 5.32 Å². The molecular formula is C7H14N2O3. The smallest absolute Gasteiger partial charge is 0.326 e. The van der Waals surface area contributed by atoms with Gasteiger partial charge in [0.25, 0.3) is 0 Å². The number of hydrogen-bond donors (Lipinski definition) is 3. The average Bonchev–Trinajstić information content (AvgIpc) is 1.79. The standard InChI is InChI=1S/C7H14N2O3/c1-7(2,3)4(5(10)11)9-6(8)12/h4H,1-3H3,(H,10,11)(H3,8,9,12)/t4-/m0/s1. The number of amides is 2. The zero-order valence-corrected chi connectivity index (χ0v) is 7.42. The Morgan fingerprint density at radius 2 is 1.83 bits per heavy atom. The molecule has 0 spiro atoms. The molecule has 0 saturated heterocycles. The maximum absolute atomic E-state index is 10.6. The molecule has 70 valence electrons. The summed E-state index contributed by atoms with van der Waals surface area (Å²) in [6.07, 6.45) is 0. The molecule has 4 N–H and O–H groups in total. The molecule has 0 rings (SSSR count). The quantitative estimate of drug-likeness (QED) is 0.556. The van der Waals surface area contributed by atoms with Gasteiger partial charge in [0.05, 0.1) is 0 Å². The summed E-state index contributed by atoms with van der Waals surface area (Å²) in [7, 11) is 0. The number of nitrogens with two attached hydrogens (primary N) is 1. The molecule has 0 aromatic rings. The maximum Gasteiger partial charge on any atom is 0.326 e. The highest BCUT2D eigenvalue weighted by atomic mass is 16.4. The predicted molar refractivity (Wildman–Crippen MR) is 43.6 cm³/mol. The summed E-state index contributed by atoms with van der Waals surface area (Å²) in [4.78, 5) is 21.0. The number of aliphatic carboxylic acids is 1. The molecule has 0 unspecified atom stereocenters. The van der Waals surface area contributed by atoms with E-state index in [1.54, 1.807) is 20.8 Å². The van der Waals surface area contributed by atoms with Gasteiger partial charge in [0.1, 0.15) is 6.04 Å². The van der Waals surface area contributed by atoms with Gasteiger partial charge in [-0.2, -0.15) is 0 Å². The molecule has 0 aromatic heterocycles. The highest BCUT2D eigenvalue weighted by molar-refractivity contribution is 5.82. The van der Waals surface area contributed by atoms with Crippen LogP contribution in [0.4, 0.5) is 4.79 Å². The minimum atomic E-state index is -1.08. The molecule has 0 radical (unpaired) electrons. The van der Waals surface area contributed by atoms with Crippen molar-refractivity contribution in [3.05, 3.63) is 0 Å². The normalized spacial score (nSPS) is 13.6. The summed E-state index contributed by atoms with van der Waals surface area (Å²) in [5.41, 5.74) is 4.27. The largest absolute Gasteiger partial charge is 0.480 e. The molecular weight excluding hydrogens is 160 g/mol. The lowest BCUT2D eigenvalue weighted by molar-refractivity contribution is -0.141. The van der Waals surface area contributed by atoms with Crippen LogP contribution in [0.2, 0.25) is 0 Å². The Bertz CT molecular complexity index is 195. The Morgan fingerprint density at radius 1 is 1.42 bits per heavy atom. The third-order valence-electron chi connectivity index (χ3n) is 1.40. The van der Waals surface area contributed by atoms with Crippen LogP contribution in [0.1, 0.15) is 20.8 Å². The van der Waals surface area contributed by atoms with Crippen LogP contribution in [-0.2, 0) is 4.79 Å². The molecule has 0 aliphatic rings. The summed E-state index contributed by atoms with van der Waals surface area (Å²) in [6.45, 7) is 5.13. The van der Waals surface area contributed by atoms with Crippen LogP contribution in [0.25, 0.3) is 0 Å². The van der Waals surface area contributed by atoms with Gasteiger partial charge in [0.2, 0.25) is 0 Å². The van der Waals surface area contributed by atoms with Gasteiger partial charge in [-0.1, -0.05) is 20.8 Å². The fraction of sp³-hybridized carbons (Fsp3) is 0.714. The van der Waals surface area contributed by atoms with E-state index >= 15 is 0 Å². The second kappa shape index (κ2) is 3.42. The van der Waals surface area contributed by atoms with E-state index in [0.717, 1.165) is 0 Å². The fourth-order valence-electron chi connectivity index (χ4n) is 0.791. The Kier molecular flexibility index (Phi) is 3.06. The summed E-state index contributed by atoms with van der Waals surface area (Å²) in [6, 6.07) is -1.77. The monoisotopic (exact) mass is 174 g/mol. The van der Waals surface area contributed by atoms with Gasteiger partial charge in [0.15, 0.2) is 0 Å². The lowest BCUT2D eigenvalue weighted by Gasteiger charge is -2.26. The number of nitrogens with one attached hydrogen (secondary N) is 1. The van der Waals surface area contributed by atoms with E-state index in [0.29, 0.717) is 0 Å². The minimum absolute atomic E-state index is 0.541. The summed E-state index contributed by atoms with van der Waals surface area (Å²) in [5, 5.41) is 10.8. The number of urea groups is 1. The van der Waals surface area contributed by atoms with E-state index in [4.69, 9.17) is 10.8 Å². The predicted octanol–water partition coefficient (Wildman–Crippen LogP) is 0.154. The van der Waals surface area contributed by atoms with Gasteiger partial charge in [-0.25, -0.2) is 9.59 Å². The maximum atomic E-state index is 10.6. The van der Waals surface area contributed by atoms with E-state index in [9.17, 15) is 9.59 Å². The first-order valence-electron chi connectivity index (χ1n) is 3.54. The van der Waals surface area contributed by atoms with Gasteiger partial charge in [-0.05, 0) is 5.41 Å². The van der Waals surface area contributed by atoms with Crippen LogP contribution in [-0.4, -0.2) is 23.1 Å². The van der Waals surface area contributed by atoms with Crippen molar-refractivity contribution in [3.8, 4) is 0 Å². The third-order valence-corrected chi connectivity index (χ3v) is 1.40. The molecule has 5 heteroatoms. The van der Waals surface area contributed by atoms with E-state index < -0.39 is 23.5 Å². The first-order valence-corrected chi connectivity index (χ1v) is 3.54. The van der Waals surface area contributed by atoms with Gasteiger partial charge in [-0.3, -0.25) is 0 Å². The van der Waals surface area contributed by atoms with Crippen molar-refractivity contribution in [2.24, 2.45) is 11.1 Å². The van der Waals surface area contributed by atoms with Crippen molar-refractivity contribution >= 4 is 12.0 Å². The van der Waals surface area contributed by atoms with Crippen LogP contribution in [0.15, 0.2) is 0 Å². The topological polar surface area (TPSA) is 92.4 Å². The van der Waals surface area contributed by atoms with Crippen molar-refractivity contribution in [2.75, 3.05) is 0 Å². The van der Waals surface area contributed by atoms with E-state index in [1.807, 2.05) is 0 Å². The van der Waals surface area contributed by atoms with Crippen LogP contribution >= 0.6 is 0 Å². The summed E-state index contributed by atoms with van der Waals surface area (Å²) in [5.74, 6) is -1.08. The third kappa shape index (κ3) is 3.23. The second-order valence-corrected chi connectivity index (χ2v) is 3.65. The molecule has 0 aliphatic carbocycles. The molecule has 0 saturated carbocycles. The number of carboxylic acid groups (broad SMARTS) is 1. The summed E-state index contributed by atoms with van der Waals surface area (Å²) < 4.78 is 0. The molecule has 0 heterocycles. The Morgan fingerprint density at radius 3 is 1.92 bits per heavy atom. The lowest BCUT2D eigenvalue weighted by Crippen LogP contribution is -2.50. The molecule has 1 atom stereocenters. The Labute approximate surface area is 70.9 Å². The number of carboxylic acids is 1. The van der Waals surface area contributed by atoms with Gasteiger partial charge < -0.3 is 16.2 Å². The van der Waals surface area contributed by atoms with Crippen molar-refractivity contribution in [3.63, 3.8) is 0 Å². The van der Waals surface area contributed by atoms with E-state index in [2.05, 4.69) is 5.32 Å². The number of primary amides is 1. The van der Waals surface area contributed by atoms with Crippen molar-refractivity contribution in [1.29, 1.82) is 0 Å². The zero-order valence-electron chi connectivity index (χ0n) is 7.42. The van der Waals surface area contributed by atoms with Crippen molar-refractivity contribution < 1.29 is 14.7 Å². The number of carbonyl (C=O) groups is 2. The molecule has 0 aromatic carbocycles. The van der Waals surface area contributed by atoms with E-state index in [1.165, 1.54) is 0 Å². The number of carbonyl (C=O) groups excluding carboxylic acids is 1. The van der Waals surface area contributed by atoms with Gasteiger partial charge in [-0.15, -0.1) is 0 Å². The molecule has 5 nitrogen and oxygen atoms in total. The molecule has 0 bridgehead atoms. The van der Waals surface area contributed by atoms with Crippen LogP contribution in [0.5, 0.6) is 0 Å². The fourth-order valence-corrected chi connectivity index (χ4v) is 0.791. The van der Waals surface area contributed by atoms with Gasteiger partial charge in [0, 0.05) is 0 Å². The second-order valence-electron chi connectivity index (χ2n) is 3.65. The molecule has 0 fully saturated rings. The molecule has 0 aliphatic heterocycles. The average molecular weight is 174 g/mol. The molecule has 2 amide bonds. The Hall–Kier alpha value is -1.26. The summed E-state index contributed by atoms with van der Waals surface area (Å²) >= 11 is 0. The highest BCUT2D eigenvalue weighted by Crippen LogP contribution is 2.18. The number of hydrogen-bond acceptors (Lipinski definition) is 2. The SMILES string of the molecule is CC(C)(C)[C@@H](NC(N)=O)C(=O)O. The van der Waals surface area contributed by atoms with Crippen LogP contribution < -0.4 is 11.1 Å². The van der Waals surface area contributed by atoms with Crippen molar-refractivity contribution in [2.45, 2.75) is 26.8 Å². The first kappa shape index (κ1) is 10.7. The Balaban J connectivity index is 4.46. The highest BCUT2D eigenvalue weighted by Gasteiger charge is 2.31. The van der Waals surface area contributed by atoms with Crippen LogP contribution in [0.3, 0.4) is 0 Å². The first-order chi connectivity index (χ1) is 5.25. The van der Waals surface area contributed by atoms with Gasteiger partial charge >= 0.3 is 12.0 Å². The van der Waals surface area contributed by atoms with Crippen LogP contribution in [0, 0.1) is 5.41 Å². The molecule has 12 heavy (non-hydrogen) atoms. The minimum Gasteiger partial charge on any atom is -0.480 e.